The van der Waals surface area contributed by atoms with Crippen molar-refractivity contribution in [1.82, 2.24) is 9.80 Å². The number of benzene rings is 1. The SMILES string of the molecule is C=C(/C=C\C=C/C)[C@@H]1CC[C@H]2OC3(CCN(C(=O)c4c(F)cc(F)cc4F)CC3)C(=O)N21. The Balaban J connectivity index is 1.46. The van der Waals surface area contributed by atoms with Gasteiger partial charge in [-0.15, -0.1) is 0 Å². The number of halogens is 3. The summed E-state index contributed by atoms with van der Waals surface area (Å²) in [7, 11) is 0. The zero-order valence-corrected chi connectivity index (χ0v) is 17.8. The van der Waals surface area contributed by atoms with Gasteiger partial charge in [-0.3, -0.25) is 9.59 Å². The van der Waals surface area contributed by atoms with Gasteiger partial charge in [0.05, 0.1) is 6.04 Å². The number of hydrogen-bond donors (Lipinski definition) is 0. The molecule has 3 heterocycles. The number of piperidine rings is 1. The molecule has 0 saturated carbocycles. The quantitative estimate of drug-likeness (QED) is 0.654. The average molecular weight is 446 g/mol. The second-order valence-electron chi connectivity index (χ2n) is 8.37. The van der Waals surface area contributed by atoms with E-state index in [0.717, 1.165) is 12.0 Å². The molecule has 0 N–H and O–H groups in total. The van der Waals surface area contributed by atoms with Crippen molar-refractivity contribution in [2.75, 3.05) is 13.1 Å². The molecule has 0 aliphatic carbocycles. The smallest absolute Gasteiger partial charge is 0.259 e. The minimum Gasteiger partial charge on any atom is -0.342 e. The standard InChI is InChI=1S/C24H25F3N2O3/c1-3-4-5-6-15(2)19-7-8-20-29(19)23(31)24(32-20)9-11-28(12-10-24)22(30)21-17(26)13-16(25)14-18(21)27/h3-6,13-14,19-20H,2,7-12H2,1H3/b4-3-,6-5-/t19-,20+/m0/s1. The van der Waals surface area contributed by atoms with Crippen LogP contribution in [0.15, 0.2) is 48.6 Å². The van der Waals surface area contributed by atoms with E-state index in [1.807, 2.05) is 31.2 Å². The number of likely N-dealkylation sites (tertiary alicyclic amines) is 1. The molecule has 3 aliphatic heterocycles. The van der Waals surface area contributed by atoms with E-state index in [9.17, 15) is 22.8 Å². The zero-order valence-electron chi connectivity index (χ0n) is 17.8. The molecule has 0 unspecified atom stereocenters. The average Bonchev–Trinajstić information content (AvgIpc) is 3.26. The van der Waals surface area contributed by atoms with Crippen LogP contribution in [-0.4, -0.2) is 52.6 Å². The van der Waals surface area contributed by atoms with Gasteiger partial charge in [0.1, 0.15) is 29.2 Å². The van der Waals surface area contributed by atoms with Crippen LogP contribution in [0.2, 0.25) is 0 Å². The fraction of sp³-hybridized carbons (Fsp3) is 0.417. The van der Waals surface area contributed by atoms with Crippen molar-refractivity contribution in [3.8, 4) is 0 Å². The van der Waals surface area contributed by atoms with Crippen molar-refractivity contribution in [1.29, 1.82) is 0 Å². The lowest BCUT2D eigenvalue weighted by molar-refractivity contribution is -0.142. The first-order valence-electron chi connectivity index (χ1n) is 10.7. The molecular formula is C24H25F3N2O3. The first-order chi connectivity index (χ1) is 15.3. The van der Waals surface area contributed by atoms with Gasteiger partial charge < -0.3 is 14.5 Å². The third-order valence-corrected chi connectivity index (χ3v) is 6.44. The van der Waals surface area contributed by atoms with Gasteiger partial charge in [0.2, 0.25) is 0 Å². The molecule has 170 valence electrons. The molecule has 3 aliphatic rings. The van der Waals surface area contributed by atoms with E-state index in [2.05, 4.69) is 6.58 Å². The number of fused-ring (bicyclic) bond motifs is 1. The Hall–Kier alpha value is -2.87. The second-order valence-corrected chi connectivity index (χ2v) is 8.37. The molecule has 3 saturated heterocycles. The maximum atomic E-state index is 14.0. The van der Waals surface area contributed by atoms with Crippen molar-refractivity contribution < 1.29 is 27.5 Å². The molecule has 32 heavy (non-hydrogen) atoms. The molecule has 0 aromatic heterocycles. The summed E-state index contributed by atoms with van der Waals surface area (Å²) < 4.78 is 47.4. The highest BCUT2D eigenvalue weighted by Crippen LogP contribution is 2.44. The zero-order chi connectivity index (χ0) is 23.0. The van der Waals surface area contributed by atoms with Crippen molar-refractivity contribution in [3.05, 3.63) is 71.6 Å². The number of carbonyl (C=O) groups is 2. The van der Waals surface area contributed by atoms with E-state index in [1.165, 1.54) is 4.90 Å². The predicted octanol–water partition coefficient (Wildman–Crippen LogP) is 4.11. The molecule has 3 fully saturated rings. The monoisotopic (exact) mass is 446 g/mol. The van der Waals surface area contributed by atoms with Gasteiger partial charge in [0.25, 0.3) is 11.8 Å². The molecular weight excluding hydrogens is 421 g/mol. The third kappa shape index (κ3) is 3.77. The summed E-state index contributed by atoms with van der Waals surface area (Å²) >= 11 is 0. The van der Waals surface area contributed by atoms with Crippen LogP contribution in [0.25, 0.3) is 0 Å². The minimum absolute atomic E-state index is 0.105. The summed E-state index contributed by atoms with van der Waals surface area (Å²) in [4.78, 5) is 29.0. The highest BCUT2D eigenvalue weighted by molar-refractivity contribution is 5.95. The second kappa shape index (κ2) is 8.58. The number of rotatable bonds is 4. The molecule has 2 amide bonds. The van der Waals surface area contributed by atoms with Crippen LogP contribution >= 0.6 is 0 Å². The van der Waals surface area contributed by atoms with Crippen LogP contribution in [-0.2, 0) is 9.53 Å². The number of nitrogens with zero attached hydrogens (tertiary/aromatic N) is 2. The van der Waals surface area contributed by atoms with Crippen LogP contribution in [0.4, 0.5) is 13.2 Å². The fourth-order valence-electron chi connectivity index (χ4n) is 4.79. The molecule has 1 spiro atoms. The Morgan fingerprint density at radius 1 is 1.16 bits per heavy atom. The van der Waals surface area contributed by atoms with Gasteiger partial charge in [-0.1, -0.05) is 30.9 Å². The molecule has 0 bridgehead atoms. The number of ether oxygens (including phenoxy) is 1. The summed E-state index contributed by atoms with van der Waals surface area (Å²) in [5, 5.41) is 0. The summed E-state index contributed by atoms with van der Waals surface area (Å²) in [5.41, 5.74) is -1.01. The van der Waals surface area contributed by atoms with Crippen LogP contribution in [0.5, 0.6) is 0 Å². The van der Waals surface area contributed by atoms with Crippen LogP contribution in [0, 0.1) is 17.5 Å². The van der Waals surface area contributed by atoms with Crippen molar-refractivity contribution in [2.45, 2.75) is 50.5 Å². The Labute approximate surface area is 184 Å². The van der Waals surface area contributed by atoms with Crippen LogP contribution in [0.1, 0.15) is 43.0 Å². The van der Waals surface area contributed by atoms with E-state index in [0.29, 0.717) is 18.6 Å². The lowest BCUT2D eigenvalue weighted by Crippen LogP contribution is -2.52. The van der Waals surface area contributed by atoms with Crippen molar-refractivity contribution >= 4 is 11.8 Å². The summed E-state index contributed by atoms with van der Waals surface area (Å²) in [6, 6.07) is 0.824. The molecule has 1 aromatic rings. The molecule has 4 rings (SSSR count). The summed E-state index contributed by atoms with van der Waals surface area (Å²) in [6.45, 7) is 6.23. The molecule has 0 radical (unpaired) electrons. The highest BCUT2D eigenvalue weighted by atomic mass is 19.1. The maximum Gasteiger partial charge on any atom is 0.259 e. The van der Waals surface area contributed by atoms with E-state index < -0.39 is 34.5 Å². The first-order valence-corrected chi connectivity index (χ1v) is 10.7. The van der Waals surface area contributed by atoms with Gasteiger partial charge in [0, 0.05) is 38.1 Å². The summed E-state index contributed by atoms with van der Waals surface area (Å²) in [6.07, 6.45) is 9.13. The van der Waals surface area contributed by atoms with Gasteiger partial charge >= 0.3 is 0 Å². The summed E-state index contributed by atoms with van der Waals surface area (Å²) in [5.74, 6) is -4.56. The number of hydrogen-bond acceptors (Lipinski definition) is 3. The maximum absolute atomic E-state index is 14.0. The van der Waals surface area contributed by atoms with Gasteiger partial charge in [0.15, 0.2) is 5.60 Å². The fourth-order valence-corrected chi connectivity index (χ4v) is 4.79. The van der Waals surface area contributed by atoms with E-state index >= 15 is 0 Å². The minimum atomic E-state index is -1.24. The van der Waals surface area contributed by atoms with Crippen molar-refractivity contribution in [2.24, 2.45) is 0 Å². The van der Waals surface area contributed by atoms with E-state index in [4.69, 9.17) is 4.74 Å². The number of carbonyl (C=O) groups excluding carboxylic acids is 2. The van der Waals surface area contributed by atoms with Crippen molar-refractivity contribution in [3.63, 3.8) is 0 Å². The van der Waals surface area contributed by atoms with Gasteiger partial charge in [-0.05, 0) is 25.3 Å². The molecule has 5 nitrogen and oxygen atoms in total. The Bertz CT molecular complexity index is 989. The molecule has 2 atom stereocenters. The number of allylic oxidation sites excluding steroid dienone is 3. The topological polar surface area (TPSA) is 49.9 Å². The lowest BCUT2D eigenvalue weighted by atomic mass is 9.89. The third-order valence-electron chi connectivity index (χ3n) is 6.44. The van der Waals surface area contributed by atoms with Crippen LogP contribution in [0.3, 0.4) is 0 Å². The van der Waals surface area contributed by atoms with Gasteiger partial charge in [-0.2, -0.15) is 0 Å². The van der Waals surface area contributed by atoms with Crippen LogP contribution < -0.4 is 0 Å². The van der Waals surface area contributed by atoms with E-state index in [1.54, 1.807) is 4.90 Å². The Morgan fingerprint density at radius 3 is 2.44 bits per heavy atom. The van der Waals surface area contributed by atoms with E-state index in [-0.39, 0.29) is 44.1 Å². The predicted molar refractivity (Wildman–Crippen MR) is 112 cm³/mol. The normalized spacial score (nSPS) is 24.8. The highest BCUT2D eigenvalue weighted by Gasteiger charge is 2.58. The first kappa shape index (κ1) is 22.3. The van der Waals surface area contributed by atoms with Gasteiger partial charge in [-0.25, -0.2) is 13.2 Å². The largest absolute Gasteiger partial charge is 0.342 e. The Morgan fingerprint density at radius 2 is 1.81 bits per heavy atom. The molecule has 1 aromatic carbocycles. The Kier molecular flexibility index (Phi) is 5.99. The number of amides is 2. The lowest BCUT2D eigenvalue weighted by Gasteiger charge is -2.37. The molecule has 8 heteroatoms.